The third kappa shape index (κ3) is 6.03. The minimum Gasteiger partial charge on any atom is -0.493 e. The zero-order valence-corrected chi connectivity index (χ0v) is 18.0. The van der Waals surface area contributed by atoms with Crippen molar-refractivity contribution < 1.29 is 27.4 Å². The number of hydrogen-bond donors (Lipinski definition) is 0. The lowest BCUT2D eigenvalue weighted by Gasteiger charge is -2.28. The Labute approximate surface area is 186 Å². The molecule has 1 aliphatic carbocycles. The summed E-state index contributed by atoms with van der Waals surface area (Å²) in [6.45, 7) is 2.70. The van der Waals surface area contributed by atoms with Gasteiger partial charge in [0, 0.05) is 18.2 Å². The van der Waals surface area contributed by atoms with Crippen LogP contribution in [0.1, 0.15) is 67.8 Å². The van der Waals surface area contributed by atoms with Crippen LogP contribution in [0, 0.1) is 40.6 Å². The summed E-state index contributed by atoms with van der Waals surface area (Å²) < 4.78 is 52.4. The van der Waals surface area contributed by atoms with Crippen molar-refractivity contribution in [3.05, 3.63) is 58.9 Å². The summed E-state index contributed by atoms with van der Waals surface area (Å²) in [7, 11) is 0. The molecule has 0 saturated heterocycles. The van der Waals surface area contributed by atoms with Gasteiger partial charge in [0.05, 0.1) is 12.2 Å². The molecule has 0 aliphatic heterocycles. The molecule has 170 valence electrons. The molecule has 0 aromatic heterocycles. The molecule has 32 heavy (non-hydrogen) atoms. The summed E-state index contributed by atoms with van der Waals surface area (Å²) in [4.78, 5) is 12.2. The third-order valence-electron chi connectivity index (χ3n) is 5.92. The number of carbonyl (C=O) groups is 1. The Kier molecular flexibility index (Phi) is 8.15. The van der Waals surface area contributed by atoms with E-state index < -0.39 is 34.7 Å². The lowest BCUT2D eigenvalue weighted by Crippen LogP contribution is -2.20. The highest BCUT2D eigenvalue weighted by molar-refractivity contribution is 5.91. The monoisotopic (exact) mass is 445 g/mol. The third-order valence-corrected chi connectivity index (χ3v) is 5.92. The Hall–Kier alpha value is -3.01. The van der Waals surface area contributed by atoms with E-state index in [1.54, 1.807) is 0 Å². The zero-order valence-electron chi connectivity index (χ0n) is 18.0. The van der Waals surface area contributed by atoms with E-state index >= 15 is 0 Å². The Morgan fingerprint density at radius 1 is 1.00 bits per heavy atom. The zero-order chi connectivity index (χ0) is 23.1. The van der Waals surface area contributed by atoms with Crippen LogP contribution in [0.4, 0.5) is 13.2 Å². The van der Waals surface area contributed by atoms with Crippen molar-refractivity contribution in [2.75, 3.05) is 6.61 Å². The number of rotatable bonds is 8. The van der Waals surface area contributed by atoms with E-state index in [-0.39, 0.29) is 5.56 Å². The quantitative estimate of drug-likeness (QED) is 0.341. The Morgan fingerprint density at radius 2 is 1.62 bits per heavy atom. The number of benzene rings is 2. The van der Waals surface area contributed by atoms with E-state index in [2.05, 4.69) is 6.92 Å². The first kappa shape index (κ1) is 23.6. The molecule has 0 amide bonds. The minimum atomic E-state index is -1.17. The number of unbranched alkanes of at least 4 members (excludes halogenated alkanes) is 1. The number of esters is 1. The van der Waals surface area contributed by atoms with Crippen LogP contribution in [0.5, 0.6) is 11.5 Å². The van der Waals surface area contributed by atoms with Crippen LogP contribution >= 0.6 is 0 Å². The largest absolute Gasteiger partial charge is 0.493 e. The Balaban J connectivity index is 1.55. The van der Waals surface area contributed by atoms with Crippen LogP contribution in [-0.4, -0.2) is 12.6 Å². The molecule has 7 heteroatoms. The normalized spacial score (nSPS) is 18.1. The van der Waals surface area contributed by atoms with E-state index in [4.69, 9.17) is 14.7 Å². The first-order valence-electron chi connectivity index (χ1n) is 10.9. The molecule has 0 radical (unpaired) electrons. The molecule has 0 bridgehead atoms. The van der Waals surface area contributed by atoms with Crippen LogP contribution < -0.4 is 9.47 Å². The summed E-state index contributed by atoms with van der Waals surface area (Å²) in [5.74, 6) is -3.22. The summed E-state index contributed by atoms with van der Waals surface area (Å²) in [6, 6.07) is 6.55. The molecule has 0 unspecified atom stereocenters. The highest BCUT2D eigenvalue weighted by atomic mass is 19.1. The second-order valence-electron chi connectivity index (χ2n) is 8.24. The maximum Gasteiger partial charge on any atom is 0.346 e. The van der Waals surface area contributed by atoms with Crippen molar-refractivity contribution >= 4 is 5.97 Å². The van der Waals surface area contributed by atoms with Gasteiger partial charge >= 0.3 is 5.97 Å². The molecule has 0 atom stereocenters. The topological polar surface area (TPSA) is 59.3 Å². The van der Waals surface area contributed by atoms with Crippen molar-refractivity contribution in [2.24, 2.45) is 11.8 Å². The van der Waals surface area contributed by atoms with Crippen molar-refractivity contribution in [1.29, 1.82) is 5.26 Å². The molecule has 0 heterocycles. The van der Waals surface area contributed by atoms with E-state index in [1.165, 1.54) is 50.3 Å². The number of nitrogens with zero attached hydrogens (tertiary/aromatic N) is 1. The highest BCUT2D eigenvalue weighted by Crippen LogP contribution is 2.32. The van der Waals surface area contributed by atoms with Gasteiger partial charge in [-0.1, -0.05) is 39.0 Å². The van der Waals surface area contributed by atoms with Crippen LogP contribution in [0.3, 0.4) is 0 Å². The van der Waals surface area contributed by atoms with Gasteiger partial charge < -0.3 is 9.47 Å². The molecule has 1 saturated carbocycles. The van der Waals surface area contributed by atoms with Gasteiger partial charge in [0.2, 0.25) is 0 Å². The second kappa shape index (κ2) is 11.0. The summed E-state index contributed by atoms with van der Waals surface area (Å²) >= 11 is 0. The van der Waals surface area contributed by atoms with Gasteiger partial charge in [-0.2, -0.15) is 5.26 Å². The second-order valence-corrected chi connectivity index (χ2v) is 8.24. The van der Waals surface area contributed by atoms with Crippen LogP contribution in [0.2, 0.25) is 0 Å². The van der Waals surface area contributed by atoms with Gasteiger partial charge in [-0.15, -0.1) is 0 Å². The van der Waals surface area contributed by atoms with Crippen molar-refractivity contribution in [3.63, 3.8) is 0 Å². The standard InChI is InChI=1S/C25H26F3NO3/c1-2-3-4-16-5-7-17(8-6-16)15-31-18-9-10-20(22(26)11-18)25(30)32-19-12-23(27)21(14-29)24(28)13-19/h9-13,16-17H,2-8,15H2,1H3/t16-,17-. The Morgan fingerprint density at radius 3 is 2.22 bits per heavy atom. The maximum absolute atomic E-state index is 14.4. The smallest absolute Gasteiger partial charge is 0.346 e. The molecule has 1 fully saturated rings. The first-order chi connectivity index (χ1) is 15.4. The van der Waals surface area contributed by atoms with Crippen molar-refractivity contribution in [3.8, 4) is 17.6 Å². The molecule has 4 nitrogen and oxygen atoms in total. The summed E-state index contributed by atoms with van der Waals surface area (Å²) in [5, 5.41) is 8.68. The molecule has 0 spiro atoms. The average Bonchev–Trinajstić information content (AvgIpc) is 2.76. The highest BCUT2D eigenvalue weighted by Gasteiger charge is 2.22. The molecular formula is C25H26F3NO3. The number of ether oxygens (including phenoxy) is 2. The van der Waals surface area contributed by atoms with E-state index in [9.17, 15) is 18.0 Å². The number of halogens is 3. The van der Waals surface area contributed by atoms with Gasteiger partial charge in [0.25, 0.3) is 0 Å². The van der Waals surface area contributed by atoms with Crippen molar-refractivity contribution in [2.45, 2.75) is 51.9 Å². The average molecular weight is 445 g/mol. The number of hydrogen-bond acceptors (Lipinski definition) is 4. The van der Waals surface area contributed by atoms with Crippen LogP contribution in [0.15, 0.2) is 30.3 Å². The van der Waals surface area contributed by atoms with E-state index in [0.717, 1.165) is 24.8 Å². The van der Waals surface area contributed by atoms with Crippen LogP contribution in [-0.2, 0) is 0 Å². The molecule has 0 N–H and O–H groups in total. The molecule has 1 aliphatic rings. The van der Waals surface area contributed by atoms with Gasteiger partial charge in [-0.05, 0) is 36.8 Å². The van der Waals surface area contributed by atoms with Crippen molar-refractivity contribution in [1.82, 2.24) is 0 Å². The molecule has 2 aromatic carbocycles. The SMILES string of the molecule is CCCC[C@H]1CC[C@H](COc2ccc(C(=O)Oc3cc(F)c(C#N)c(F)c3)c(F)c2)CC1. The fourth-order valence-electron chi connectivity index (χ4n) is 4.02. The first-order valence-corrected chi connectivity index (χ1v) is 10.9. The Bertz CT molecular complexity index is 971. The number of nitriles is 1. The summed E-state index contributed by atoms with van der Waals surface area (Å²) in [6.07, 6.45) is 8.37. The predicted octanol–water partition coefficient (Wildman–Crippen LogP) is 6.57. The van der Waals surface area contributed by atoms with E-state index in [0.29, 0.717) is 30.4 Å². The van der Waals surface area contributed by atoms with Gasteiger partial charge in [-0.3, -0.25) is 0 Å². The lowest BCUT2D eigenvalue weighted by molar-refractivity contribution is 0.0729. The molecule has 3 rings (SSSR count). The maximum atomic E-state index is 14.4. The molecular weight excluding hydrogens is 419 g/mol. The van der Waals surface area contributed by atoms with Gasteiger partial charge in [-0.25, -0.2) is 18.0 Å². The fourth-order valence-corrected chi connectivity index (χ4v) is 4.02. The van der Waals surface area contributed by atoms with Crippen LogP contribution in [0.25, 0.3) is 0 Å². The summed E-state index contributed by atoms with van der Waals surface area (Å²) in [5.41, 5.74) is -1.18. The lowest BCUT2D eigenvalue weighted by atomic mass is 9.80. The predicted molar refractivity (Wildman–Crippen MR) is 113 cm³/mol. The van der Waals surface area contributed by atoms with E-state index in [1.807, 2.05) is 0 Å². The minimum absolute atomic E-state index is 0.308. The number of carbonyl (C=O) groups excluding carboxylic acids is 1. The van der Waals surface area contributed by atoms with Gasteiger partial charge in [0.15, 0.2) is 0 Å². The molecule has 2 aromatic rings. The van der Waals surface area contributed by atoms with Gasteiger partial charge in [0.1, 0.15) is 40.6 Å². The fraction of sp³-hybridized carbons (Fsp3) is 0.440.